The monoisotopic (exact) mass is 361 g/mol. The summed E-state index contributed by atoms with van der Waals surface area (Å²) in [7, 11) is 0. The number of carbonyl (C=O) groups excluding carboxylic acids is 1. The maximum atomic E-state index is 12.0. The molecule has 0 spiro atoms. The highest BCUT2D eigenvalue weighted by atomic mass is 32.2. The van der Waals surface area contributed by atoms with E-state index in [4.69, 9.17) is 0 Å². The fourth-order valence-corrected chi connectivity index (χ4v) is 4.43. The number of thiazole rings is 1. The van der Waals surface area contributed by atoms with Gasteiger partial charge in [-0.2, -0.15) is 0 Å². The zero-order valence-electron chi connectivity index (χ0n) is 14.1. The van der Waals surface area contributed by atoms with Gasteiger partial charge in [-0.05, 0) is 31.9 Å². The molecule has 1 amide bonds. The third kappa shape index (κ3) is 4.30. The van der Waals surface area contributed by atoms with Gasteiger partial charge in [0.25, 0.3) is 0 Å². The van der Waals surface area contributed by atoms with Crippen LogP contribution in [0.15, 0.2) is 29.6 Å². The van der Waals surface area contributed by atoms with Crippen molar-refractivity contribution in [3.05, 3.63) is 45.9 Å². The molecule has 2 aromatic rings. The van der Waals surface area contributed by atoms with Gasteiger partial charge in [-0.3, -0.25) is 4.79 Å². The molecule has 24 heavy (non-hydrogen) atoms. The number of aromatic nitrogens is 1. The van der Waals surface area contributed by atoms with Crippen LogP contribution in [0.2, 0.25) is 0 Å². The van der Waals surface area contributed by atoms with Crippen molar-refractivity contribution >= 4 is 34.7 Å². The zero-order valence-corrected chi connectivity index (χ0v) is 15.8. The lowest BCUT2D eigenvalue weighted by molar-refractivity contribution is -0.118. The zero-order chi connectivity index (χ0) is 16.9. The Morgan fingerprint density at radius 3 is 3.08 bits per heavy atom. The summed E-state index contributed by atoms with van der Waals surface area (Å²) < 4.78 is 0. The van der Waals surface area contributed by atoms with Crippen LogP contribution < -0.4 is 10.2 Å². The summed E-state index contributed by atoms with van der Waals surface area (Å²) in [5.74, 6) is 1.39. The third-order valence-electron chi connectivity index (χ3n) is 4.20. The largest absolute Gasteiger partial charge is 0.366 e. The minimum Gasteiger partial charge on any atom is -0.366 e. The molecule has 4 nitrogen and oxygen atoms in total. The van der Waals surface area contributed by atoms with E-state index in [1.807, 2.05) is 6.92 Å². The Kier molecular flexibility index (Phi) is 5.79. The molecular weight excluding hydrogens is 338 g/mol. The number of rotatable bonds is 7. The molecule has 2 heterocycles. The van der Waals surface area contributed by atoms with E-state index in [9.17, 15) is 4.79 Å². The number of fused-ring (bicyclic) bond motifs is 1. The molecule has 0 saturated heterocycles. The predicted molar refractivity (Wildman–Crippen MR) is 103 cm³/mol. The van der Waals surface area contributed by atoms with Gasteiger partial charge in [0, 0.05) is 36.0 Å². The van der Waals surface area contributed by atoms with Crippen molar-refractivity contribution in [1.82, 2.24) is 10.3 Å². The summed E-state index contributed by atoms with van der Waals surface area (Å²) in [6.07, 6.45) is 1.09. The van der Waals surface area contributed by atoms with E-state index in [-0.39, 0.29) is 5.91 Å². The number of thioether (sulfide) groups is 1. The number of nitrogens with zero attached hydrogens (tertiary/aromatic N) is 2. The van der Waals surface area contributed by atoms with Crippen LogP contribution in [-0.4, -0.2) is 35.8 Å². The minimum absolute atomic E-state index is 0.103. The molecule has 1 aliphatic rings. The van der Waals surface area contributed by atoms with Gasteiger partial charge in [0.15, 0.2) is 0 Å². The highest BCUT2D eigenvalue weighted by Crippen LogP contribution is 2.28. The van der Waals surface area contributed by atoms with Gasteiger partial charge in [-0.15, -0.1) is 23.1 Å². The molecule has 0 saturated carbocycles. The summed E-state index contributed by atoms with van der Waals surface area (Å²) >= 11 is 3.27. The smallest absolute Gasteiger partial charge is 0.230 e. The number of para-hydroxylation sites is 1. The van der Waals surface area contributed by atoms with Gasteiger partial charge in [-0.25, -0.2) is 4.98 Å². The molecular formula is C18H23N3OS2. The first-order valence-electron chi connectivity index (χ1n) is 8.23. The molecule has 1 aliphatic heterocycles. The number of nitrogens with one attached hydrogen (secondary N) is 1. The van der Waals surface area contributed by atoms with Gasteiger partial charge in [0.05, 0.1) is 16.5 Å². The lowest BCUT2D eigenvalue weighted by Crippen LogP contribution is -2.42. The third-order valence-corrected chi connectivity index (χ3v) is 5.99. The van der Waals surface area contributed by atoms with Gasteiger partial charge >= 0.3 is 0 Å². The van der Waals surface area contributed by atoms with Crippen molar-refractivity contribution in [1.29, 1.82) is 0 Å². The fourth-order valence-electron chi connectivity index (χ4n) is 2.97. The van der Waals surface area contributed by atoms with E-state index in [2.05, 4.69) is 51.8 Å². The van der Waals surface area contributed by atoms with Crippen LogP contribution in [0, 0.1) is 6.92 Å². The lowest BCUT2D eigenvalue weighted by Gasteiger charge is -2.27. The maximum Gasteiger partial charge on any atom is 0.230 e. The summed E-state index contributed by atoms with van der Waals surface area (Å²) in [6.45, 7) is 5.90. The Morgan fingerprint density at radius 2 is 2.29 bits per heavy atom. The molecule has 0 aliphatic carbocycles. The average Bonchev–Trinajstić information content (AvgIpc) is 3.19. The van der Waals surface area contributed by atoms with E-state index in [1.54, 1.807) is 23.1 Å². The second-order valence-electron chi connectivity index (χ2n) is 6.08. The number of anilines is 1. The molecule has 1 aromatic heterocycles. The summed E-state index contributed by atoms with van der Waals surface area (Å²) in [5, 5.41) is 6.20. The maximum absolute atomic E-state index is 12.0. The molecule has 6 heteroatoms. The van der Waals surface area contributed by atoms with Crippen molar-refractivity contribution in [2.24, 2.45) is 0 Å². The van der Waals surface area contributed by atoms with Crippen LogP contribution in [0.1, 0.15) is 23.2 Å². The quantitative estimate of drug-likeness (QED) is 0.822. The van der Waals surface area contributed by atoms with Crippen molar-refractivity contribution in [2.45, 2.75) is 32.1 Å². The number of aryl methyl sites for hydroxylation is 1. The van der Waals surface area contributed by atoms with Crippen LogP contribution in [0.25, 0.3) is 0 Å². The first kappa shape index (κ1) is 17.3. The second-order valence-corrected chi connectivity index (χ2v) is 8.12. The molecule has 0 fully saturated rings. The van der Waals surface area contributed by atoms with Crippen LogP contribution in [0.3, 0.4) is 0 Å². The summed E-state index contributed by atoms with van der Waals surface area (Å²) in [5.41, 5.74) is 3.79. The highest BCUT2D eigenvalue weighted by molar-refractivity contribution is 7.99. The van der Waals surface area contributed by atoms with E-state index in [1.165, 1.54) is 11.3 Å². The normalized spacial score (nSPS) is 14.5. The lowest BCUT2D eigenvalue weighted by atomic mass is 10.2. The van der Waals surface area contributed by atoms with Crippen LogP contribution >= 0.6 is 23.1 Å². The molecule has 0 radical (unpaired) electrons. The van der Waals surface area contributed by atoms with Crippen LogP contribution in [-0.2, 0) is 17.0 Å². The minimum atomic E-state index is 0.103. The van der Waals surface area contributed by atoms with E-state index in [0.29, 0.717) is 18.3 Å². The van der Waals surface area contributed by atoms with Gasteiger partial charge < -0.3 is 10.2 Å². The Morgan fingerprint density at radius 1 is 1.46 bits per heavy atom. The molecule has 128 valence electrons. The highest BCUT2D eigenvalue weighted by Gasteiger charge is 2.22. The fraction of sp³-hybridized carbons (Fsp3) is 0.444. The van der Waals surface area contributed by atoms with Crippen molar-refractivity contribution in [3.63, 3.8) is 0 Å². The SMILES string of the molecule is Cc1nc(CSCC(=O)NCC(C)N2CCc3ccccc32)cs1. The number of amides is 1. The molecule has 0 bridgehead atoms. The Bertz CT molecular complexity index is 701. The number of carbonyl (C=O) groups is 1. The van der Waals surface area contributed by atoms with Gasteiger partial charge in [0.1, 0.15) is 0 Å². The number of hydrogen-bond acceptors (Lipinski definition) is 5. The van der Waals surface area contributed by atoms with E-state index in [0.717, 1.165) is 29.4 Å². The Hall–Kier alpha value is -1.53. The topological polar surface area (TPSA) is 45.2 Å². The first-order chi connectivity index (χ1) is 11.6. The molecule has 1 N–H and O–H groups in total. The van der Waals surface area contributed by atoms with Gasteiger partial charge in [-0.1, -0.05) is 18.2 Å². The Labute approximate surface area is 151 Å². The van der Waals surface area contributed by atoms with Crippen molar-refractivity contribution in [3.8, 4) is 0 Å². The van der Waals surface area contributed by atoms with E-state index < -0.39 is 0 Å². The summed E-state index contributed by atoms with van der Waals surface area (Å²) in [4.78, 5) is 18.8. The second kappa shape index (κ2) is 8.03. The van der Waals surface area contributed by atoms with Gasteiger partial charge in [0.2, 0.25) is 5.91 Å². The Balaban J connectivity index is 1.40. The van der Waals surface area contributed by atoms with E-state index >= 15 is 0 Å². The van der Waals surface area contributed by atoms with Crippen molar-refractivity contribution < 1.29 is 4.79 Å². The molecule has 1 unspecified atom stereocenters. The first-order valence-corrected chi connectivity index (χ1v) is 10.3. The average molecular weight is 362 g/mol. The molecule has 3 rings (SSSR count). The van der Waals surface area contributed by atoms with Crippen molar-refractivity contribution in [2.75, 3.05) is 23.7 Å². The van der Waals surface area contributed by atoms with Crippen LogP contribution in [0.5, 0.6) is 0 Å². The standard InChI is InChI=1S/C18H23N3OS2/c1-13(21-8-7-15-5-3-4-6-17(15)21)9-19-18(22)12-23-10-16-11-24-14(2)20-16/h3-6,11,13H,7-10,12H2,1-2H3,(H,19,22). The summed E-state index contributed by atoms with van der Waals surface area (Å²) in [6, 6.07) is 8.85. The molecule has 1 atom stereocenters. The van der Waals surface area contributed by atoms with Crippen LogP contribution in [0.4, 0.5) is 5.69 Å². The number of hydrogen-bond donors (Lipinski definition) is 1. The number of benzene rings is 1. The predicted octanol–water partition coefficient (Wildman–Crippen LogP) is 3.25. The molecule has 1 aromatic carbocycles.